The summed E-state index contributed by atoms with van der Waals surface area (Å²) < 4.78 is 0. The Hall–Kier alpha value is -0.570. The van der Waals surface area contributed by atoms with Gasteiger partial charge in [-0.1, -0.05) is 56.3 Å². The SMILES string of the molecule is CCCCCCC(NN)c1ccc(Cl)c(C)c1. The van der Waals surface area contributed by atoms with Crippen LogP contribution in [0.5, 0.6) is 0 Å². The maximum absolute atomic E-state index is 6.02. The minimum absolute atomic E-state index is 0.239. The summed E-state index contributed by atoms with van der Waals surface area (Å²) in [6.07, 6.45) is 6.14. The lowest BCUT2D eigenvalue weighted by Gasteiger charge is -2.17. The minimum atomic E-state index is 0.239. The molecule has 0 amide bonds. The molecule has 0 radical (unpaired) electrons. The van der Waals surface area contributed by atoms with Gasteiger partial charge in [0.05, 0.1) is 0 Å². The van der Waals surface area contributed by atoms with Gasteiger partial charge in [-0.3, -0.25) is 11.3 Å². The molecule has 0 saturated carbocycles. The number of aryl methyl sites for hydroxylation is 1. The van der Waals surface area contributed by atoms with Crippen LogP contribution in [0.1, 0.15) is 56.2 Å². The van der Waals surface area contributed by atoms with Gasteiger partial charge in [-0.15, -0.1) is 0 Å². The summed E-state index contributed by atoms with van der Waals surface area (Å²) in [5.41, 5.74) is 5.24. The fourth-order valence-corrected chi connectivity index (χ4v) is 2.12. The summed E-state index contributed by atoms with van der Waals surface area (Å²) >= 11 is 6.02. The molecule has 1 rings (SSSR count). The highest BCUT2D eigenvalue weighted by Gasteiger charge is 2.10. The van der Waals surface area contributed by atoms with E-state index in [0.29, 0.717) is 0 Å². The normalized spacial score (nSPS) is 12.7. The molecule has 0 saturated heterocycles. The Morgan fingerprint density at radius 1 is 1.29 bits per heavy atom. The Kier molecular flexibility index (Phi) is 6.56. The maximum atomic E-state index is 6.02. The predicted octanol–water partition coefficient (Wildman–Crippen LogP) is 4.12. The first kappa shape index (κ1) is 14.5. The van der Waals surface area contributed by atoms with Gasteiger partial charge in [0.25, 0.3) is 0 Å². The molecule has 0 aliphatic rings. The first-order valence-electron chi connectivity index (χ1n) is 6.41. The second-order valence-electron chi connectivity index (χ2n) is 4.58. The number of halogens is 1. The van der Waals surface area contributed by atoms with Gasteiger partial charge < -0.3 is 0 Å². The maximum Gasteiger partial charge on any atom is 0.0460 e. The quantitative estimate of drug-likeness (QED) is 0.436. The van der Waals surface area contributed by atoms with Gasteiger partial charge in [-0.05, 0) is 30.5 Å². The Balaban J connectivity index is 2.56. The molecule has 0 aliphatic carbocycles. The molecular formula is C14H23ClN2. The molecule has 3 heteroatoms. The van der Waals surface area contributed by atoms with Crippen molar-refractivity contribution in [1.82, 2.24) is 5.43 Å². The molecule has 0 spiro atoms. The van der Waals surface area contributed by atoms with Crippen LogP contribution in [-0.4, -0.2) is 0 Å². The molecule has 3 N–H and O–H groups in total. The third-order valence-electron chi connectivity index (χ3n) is 3.13. The van der Waals surface area contributed by atoms with Crippen molar-refractivity contribution < 1.29 is 0 Å². The zero-order chi connectivity index (χ0) is 12.7. The number of hydrogen-bond acceptors (Lipinski definition) is 2. The molecule has 1 aromatic rings. The Morgan fingerprint density at radius 2 is 2.06 bits per heavy atom. The van der Waals surface area contributed by atoms with Crippen LogP contribution < -0.4 is 11.3 Å². The van der Waals surface area contributed by atoms with Gasteiger partial charge in [0.1, 0.15) is 0 Å². The number of hydrazine groups is 1. The van der Waals surface area contributed by atoms with E-state index in [1.54, 1.807) is 0 Å². The fraction of sp³-hybridized carbons (Fsp3) is 0.571. The van der Waals surface area contributed by atoms with E-state index in [1.165, 1.54) is 31.2 Å². The molecule has 0 bridgehead atoms. The van der Waals surface area contributed by atoms with E-state index in [0.717, 1.165) is 17.0 Å². The molecule has 0 fully saturated rings. The molecule has 1 aromatic carbocycles. The van der Waals surface area contributed by atoms with E-state index < -0.39 is 0 Å². The fourth-order valence-electron chi connectivity index (χ4n) is 2.01. The van der Waals surface area contributed by atoms with Crippen molar-refractivity contribution in [3.05, 3.63) is 34.3 Å². The van der Waals surface area contributed by atoms with Crippen LogP contribution in [0, 0.1) is 6.92 Å². The minimum Gasteiger partial charge on any atom is -0.271 e. The Bertz CT molecular complexity index is 339. The lowest BCUT2D eigenvalue weighted by atomic mass is 9.99. The van der Waals surface area contributed by atoms with Crippen molar-refractivity contribution >= 4 is 11.6 Å². The predicted molar refractivity (Wildman–Crippen MR) is 75.0 cm³/mol. The van der Waals surface area contributed by atoms with Gasteiger partial charge in [-0.2, -0.15) is 0 Å². The monoisotopic (exact) mass is 254 g/mol. The van der Waals surface area contributed by atoms with E-state index in [-0.39, 0.29) is 6.04 Å². The summed E-state index contributed by atoms with van der Waals surface area (Å²) in [6, 6.07) is 6.36. The summed E-state index contributed by atoms with van der Waals surface area (Å²) in [6.45, 7) is 4.25. The zero-order valence-electron chi connectivity index (χ0n) is 10.8. The van der Waals surface area contributed by atoms with Crippen LogP contribution in [0.3, 0.4) is 0 Å². The molecule has 0 heterocycles. The second kappa shape index (κ2) is 7.70. The summed E-state index contributed by atoms with van der Waals surface area (Å²) in [7, 11) is 0. The van der Waals surface area contributed by atoms with Gasteiger partial charge >= 0.3 is 0 Å². The van der Waals surface area contributed by atoms with Crippen LogP contribution in [0.2, 0.25) is 5.02 Å². The summed E-state index contributed by atoms with van der Waals surface area (Å²) in [4.78, 5) is 0. The molecular weight excluding hydrogens is 232 g/mol. The van der Waals surface area contributed by atoms with Crippen molar-refractivity contribution in [2.75, 3.05) is 0 Å². The first-order chi connectivity index (χ1) is 8.19. The molecule has 0 aliphatic heterocycles. The third-order valence-corrected chi connectivity index (χ3v) is 3.56. The van der Waals surface area contributed by atoms with E-state index >= 15 is 0 Å². The lowest BCUT2D eigenvalue weighted by Crippen LogP contribution is -2.28. The van der Waals surface area contributed by atoms with Gasteiger partial charge in [-0.25, -0.2) is 0 Å². The highest BCUT2D eigenvalue weighted by molar-refractivity contribution is 6.31. The van der Waals surface area contributed by atoms with E-state index in [1.807, 2.05) is 13.0 Å². The van der Waals surface area contributed by atoms with Gasteiger partial charge in [0, 0.05) is 11.1 Å². The number of benzene rings is 1. The lowest BCUT2D eigenvalue weighted by molar-refractivity contribution is 0.482. The largest absolute Gasteiger partial charge is 0.271 e. The van der Waals surface area contributed by atoms with E-state index in [9.17, 15) is 0 Å². The van der Waals surface area contributed by atoms with Crippen LogP contribution >= 0.6 is 11.6 Å². The second-order valence-corrected chi connectivity index (χ2v) is 4.98. The third kappa shape index (κ3) is 4.66. The molecule has 1 unspecified atom stereocenters. The number of nitrogens with two attached hydrogens (primary N) is 1. The molecule has 17 heavy (non-hydrogen) atoms. The number of unbranched alkanes of at least 4 members (excludes halogenated alkanes) is 3. The first-order valence-corrected chi connectivity index (χ1v) is 6.79. The Morgan fingerprint density at radius 3 is 2.65 bits per heavy atom. The molecule has 1 atom stereocenters. The average Bonchev–Trinajstić information content (AvgIpc) is 2.33. The van der Waals surface area contributed by atoms with Gasteiger partial charge in [0.15, 0.2) is 0 Å². The van der Waals surface area contributed by atoms with Crippen LogP contribution in [0.4, 0.5) is 0 Å². The van der Waals surface area contributed by atoms with Gasteiger partial charge in [0.2, 0.25) is 0 Å². The summed E-state index contributed by atoms with van der Waals surface area (Å²) in [5.74, 6) is 5.62. The molecule has 0 aromatic heterocycles. The standard InChI is InChI=1S/C14H23ClN2/c1-3-4-5-6-7-14(17-16)12-8-9-13(15)11(2)10-12/h8-10,14,17H,3-7,16H2,1-2H3. The van der Waals surface area contributed by atoms with Crippen molar-refractivity contribution in [1.29, 1.82) is 0 Å². The van der Waals surface area contributed by atoms with Crippen molar-refractivity contribution in [3.8, 4) is 0 Å². The summed E-state index contributed by atoms with van der Waals surface area (Å²) in [5, 5.41) is 0.815. The molecule has 2 nitrogen and oxygen atoms in total. The van der Waals surface area contributed by atoms with Crippen molar-refractivity contribution in [2.45, 2.75) is 52.0 Å². The average molecular weight is 255 g/mol. The zero-order valence-corrected chi connectivity index (χ0v) is 11.6. The van der Waals surface area contributed by atoms with Crippen LogP contribution in [-0.2, 0) is 0 Å². The number of nitrogens with one attached hydrogen (secondary N) is 1. The molecule has 96 valence electrons. The highest BCUT2D eigenvalue weighted by Crippen LogP contribution is 2.24. The number of rotatable bonds is 7. The van der Waals surface area contributed by atoms with Crippen LogP contribution in [0.25, 0.3) is 0 Å². The van der Waals surface area contributed by atoms with Crippen molar-refractivity contribution in [3.63, 3.8) is 0 Å². The van der Waals surface area contributed by atoms with Crippen LogP contribution in [0.15, 0.2) is 18.2 Å². The number of hydrogen-bond donors (Lipinski definition) is 2. The topological polar surface area (TPSA) is 38.0 Å². The Labute approximate surface area is 110 Å². The van der Waals surface area contributed by atoms with Crippen molar-refractivity contribution in [2.24, 2.45) is 5.84 Å². The van der Waals surface area contributed by atoms with E-state index in [4.69, 9.17) is 17.4 Å². The highest BCUT2D eigenvalue weighted by atomic mass is 35.5. The van der Waals surface area contributed by atoms with E-state index in [2.05, 4.69) is 24.5 Å². The smallest absolute Gasteiger partial charge is 0.0460 e.